The van der Waals surface area contributed by atoms with Crippen LogP contribution in [0.5, 0.6) is 11.5 Å². The molecule has 1 aliphatic heterocycles. The van der Waals surface area contributed by atoms with Gasteiger partial charge in [0, 0.05) is 18.6 Å². The van der Waals surface area contributed by atoms with Gasteiger partial charge in [0.05, 0.1) is 6.42 Å². The molecule has 1 aliphatic rings. The molecule has 0 aliphatic carbocycles. The largest absolute Gasteiger partial charge is 0.489 e. The summed E-state index contributed by atoms with van der Waals surface area (Å²) in [5.74, 6) is 1.79. The lowest BCUT2D eigenvalue weighted by Crippen LogP contribution is -2.13. The molecule has 1 unspecified atom stereocenters. The van der Waals surface area contributed by atoms with Gasteiger partial charge in [-0.2, -0.15) is 0 Å². The second-order valence-electron chi connectivity index (χ2n) is 5.95. The second-order valence-corrected chi connectivity index (χ2v) is 5.95. The van der Waals surface area contributed by atoms with Gasteiger partial charge in [0.1, 0.15) is 24.2 Å². The minimum Gasteiger partial charge on any atom is -0.489 e. The highest BCUT2D eigenvalue weighted by atomic mass is 16.5. The first-order valence-electron chi connectivity index (χ1n) is 7.96. The Kier molecular flexibility index (Phi) is 4.58. The van der Waals surface area contributed by atoms with Gasteiger partial charge in [0.25, 0.3) is 0 Å². The zero-order valence-corrected chi connectivity index (χ0v) is 13.8. The SMILES string of the molecule is Cc1c(C)c2c(c(C)c1OCc1ccccc1)[C]C(CCO)O2. The van der Waals surface area contributed by atoms with Gasteiger partial charge >= 0.3 is 0 Å². The van der Waals surface area contributed by atoms with Crippen molar-refractivity contribution in [1.29, 1.82) is 0 Å². The van der Waals surface area contributed by atoms with Gasteiger partial charge in [0.2, 0.25) is 0 Å². The number of rotatable bonds is 5. The Balaban J connectivity index is 1.88. The molecule has 1 atom stereocenters. The summed E-state index contributed by atoms with van der Waals surface area (Å²) in [4.78, 5) is 0. The third-order valence-corrected chi connectivity index (χ3v) is 4.37. The third-order valence-electron chi connectivity index (χ3n) is 4.37. The molecule has 0 amide bonds. The van der Waals surface area contributed by atoms with Gasteiger partial charge in [-0.25, -0.2) is 0 Å². The number of hydrogen-bond acceptors (Lipinski definition) is 3. The van der Waals surface area contributed by atoms with Crippen LogP contribution in [0.4, 0.5) is 0 Å². The number of fused-ring (bicyclic) bond motifs is 1. The van der Waals surface area contributed by atoms with Crippen molar-refractivity contribution >= 4 is 0 Å². The van der Waals surface area contributed by atoms with Crippen molar-refractivity contribution in [2.75, 3.05) is 6.61 Å². The number of aliphatic hydroxyl groups is 1. The van der Waals surface area contributed by atoms with Crippen molar-refractivity contribution in [2.45, 2.75) is 39.9 Å². The van der Waals surface area contributed by atoms with Crippen molar-refractivity contribution in [3.63, 3.8) is 0 Å². The van der Waals surface area contributed by atoms with Crippen LogP contribution in [0.3, 0.4) is 0 Å². The zero-order valence-electron chi connectivity index (χ0n) is 13.8. The molecule has 3 rings (SSSR count). The summed E-state index contributed by atoms with van der Waals surface area (Å²) < 4.78 is 12.0. The Morgan fingerprint density at radius 3 is 2.52 bits per heavy atom. The van der Waals surface area contributed by atoms with E-state index in [0.29, 0.717) is 13.0 Å². The standard InChI is InChI=1S/C20H22O3/c1-13-14(2)20-18(11-17(23-20)9-10-21)15(3)19(13)22-12-16-7-5-4-6-8-16/h4-8,17,21H,9-10,12H2,1-3H3. The van der Waals surface area contributed by atoms with E-state index in [1.807, 2.05) is 32.0 Å². The van der Waals surface area contributed by atoms with Crippen LogP contribution in [0.15, 0.2) is 30.3 Å². The van der Waals surface area contributed by atoms with Gasteiger partial charge in [-0.3, -0.25) is 0 Å². The maximum atomic E-state index is 9.12. The molecule has 2 aromatic rings. The molecule has 23 heavy (non-hydrogen) atoms. The third kappa shape index (κ3) is 3.06. The highest BCUT2D eigenvalue weighted by molar-refractivity contribution is 5.62. The molecule has 0 aromatic heterocycles. The van der Waals surface area contributed by atoms with E-state index in [9.17, 15) is 0 Å². The second kappa shape index (κ2) is 6.63. The summed E-state index contributed by atoms with van der Waals surface area (Å²) in [7, 11) is 0. The van der Waals surface area contributed by atoms with E-state index in [0.717, 1.165) is 39.3 Å². The van der Waals surface area contributed by atoms with E-state index in [1.54, 1.807) is 0 Å². The highest BCUT2D eigenvalue weighted by Crippen LogP contribution is 2.43. The van der Waals surface area contributed by atoms with Crippen molar-refractivity contribution < 1.29 is 14.6 Å². The van der Waals surface area contributed by atoms with Gasteiger partial charge in [-0.05, 0) is 43.0 Å². The number of hydrogen-bond donors (Lipinski definition) is 1. The fourth-order valence-electron chi connectivity index (χ4n) is 2.94. The Bertz CT molecular complexity index is 692. The van der Waals surface area contributed by atoms with E-state index in [4.69, 9.17) is 14.6 Å². The highest BCUT2D eigenvalue weighted by Gasteiger charge is 2.30. The van der Waals surface area contributed by atoms with E-state index < -0.39 is 0 Å². The molecule has 3 nitrogen and oxygen atoms in total. The van der Waals surface area contributed by atoms with Crippen LogP contribution < -0.4 is 9.47 Å². The molecule has 0 saturated carbocycles. The molecule has 1 N–H and O–H groups in total. The first kappa shape index (κ1) is 15.9. The summed E-state index contributed by atoms with van der Waals surface area (Å²) in [6.45, 7) is 6.79. The maximum absolute atomic E-state index is 9.12. The molecule has 3 heteroatoms. The molecule has 0 fully saturated rings. The Morgan fingerprint density at radius 1 is 1.09 bits per heavy atom. The normalized spacial score (nSPS) is 16.1. The smallest absolute Gasteiger partial charge is 0.127 e. The lowest BCUT2D eigenvalue weighted by molar-refractivity contribution is 0.193. The molecular weight excluding hydrogens is 288 g/mol. The summed E-state index contributed by atoms with van der Waals surface area (Å²) in [5.41, 5.74) is 5.37. The minimum absolute atomic E-state index is 0.0973. The zero-order chi connectivity index (χ0) is 16.4. The summed E-state index contributed by atoms with van der Waals surface area (Å²) in [6.07, 6.45) is 3.74. The summed E-state index contributed by atoms with van der Waals surface area (Å²) in [6, 6.07) is 10.2. The van der Waals surface area contributed by atoms with Crippen LogP contribution in [0.2, 0.25) is 0 Å². The molecule has 0 saturated heterocycles. The van der Waals surface area contributed by atoms with Crippen LogP contribution in [0, 0.1) is 27.2 Å². The van der Waals surface area contributed by atoms with Crippen molar-refractivity contribution in [2.24, 2.45) is 0 Å². The number of benzene rings is 2. The number of aliphatic hydroxyl groups excluding tert-OH is 1. The van der Waals surface area contributed by atoms with E-state index in [2.05, 4.69) is 25.5 Å². The van der Waals surface area contributed by atoms with Crippen molar-refractivity contribution in [1.82, 2.24) is 0 Å². The molecule has 2 aromatic carbocycles. The van der Waals surface area contributed by atoms with Crippen LogP contribution >= 0.6 is 0 Å². The van der Waals surface area contributed by atoms with Crippen LogP contribution in [-0.2, 0) is 6.61 Å². The van der Waals surface area contributed by atoms with Gasteiger partial charge in [-0.1, -0.05) is 30.3 Å². The van der Waals surface area contributed by atoms with Crippen LogP contribution in [0.1, 0.15) is 34.2 Å². The molecule has 2 radical (unpaired) electrons. The minimum atomic E-state index is -0.170. The lowest BCUT2D eigenvalue weighted by atomic mass is 9.95. The van der Waals surface area contributed by atoms with Crippen LogP contribution in [0.25, 0.3) is 0 Å². The number of ether oxygens (including phenoxy) is 2. The predicted octanol–water partition coefficient (Wildman–Crippen LogP) is 3.76. The van der Waals surface area contributed by atoms with Gasteiger partial charge in [0.15, 0.2) is 0 Å². The maximum Gasteiger partial charge on any atom is 0.127 e. The molecule has 0 bridgehead atoms. The van der Waals surface area contributed by atoms with Gasteiger partial charge < -0.3 is 14.6 Å². The van der Waals surface area contributed by atoms with Crippen molar-refractivity contribution in [3.8, 4) is 11.5 Å². The fourth-order valence-corrected chi connectivity index (χ4v) is 2.94. The van der Waals surface area contributed by atoms with E-state index in [1.165, 1.54) is 0 Å². The molecule has 0 spiro atoms. The predicted molar refractivity (Wildman–Crippen MR) is 89.9 cm³/mol. The molecule has 120 valence electrons. The van der Waals surface area contributed by atoms with E-state index >= 15 is 0 Å². The average Bonchev–Trinajstić information content (AvgIpc) is 2.98. The van der Waals surface area contributed by atoms with Gasteiger partial charge in [-0.15, -0.1) is 0 Å². The quantitative estimate of drug-likeness (QED) is 0.914. The topological polar surface area (TPSA) is 38.7 Å². The van der Waals surface area contributed by atoms with E-state index in [-0.39, 0.29) is 12.7 Å². The molecular formula is C20H22O3. The Hall–Kier alpha value is -2.00. The monoisotopic (exact) mass is 310 g/mol. The first-order chi connectivity index (χ1) is 11.1. The summed E-state index contributed by atoms with van der Waals surface area (Å²) >= 11 is 0. The fraction of sp³-hybridized carbons (Fsp3) is 0.350. The van der Waals surface area contributed by atoms with Crippen molar-refractivity contribution in [3.05, 3.63) is 64.6 Å². The first-order valence-corrected chi connectivity index (χ1v) is 7.96. The molecule has 1 heterocycles. The van der Waals surface area contributed by atoms with Crippen LogP contribution in [-0.4, -0.2) is 17.8 Å². The average molecular weight is 310 g/mol. The summed E-state index contributed by atoms with van der Waals surface area (Å²) in [5, 5.41) is 9.12. The lowest BCUT2D eigenvalue weighted by Gasteiger charge is -2.18. The Labute approximate surface area is 137 Å². The Morgan fingerprint density at radius 2 is 1.83 bits per heavy atom.